The van der Waals surface area contributed by atoms with Gasteiger partial charge in [0.25, 0.3) is 0 Å². The van der Waals surface area contributed by atoms with Crippen LogP contribution in [0.4, 0.5) is 15.3 Å². The van der Waals surface area contributed by atoms with Gasteiger partial charge in [-0.15, -0.1) is 0 Å². The maximum atomic E-state index is 13.5. The predicted molar refractivity (Wildman–Crippen MR) is 127 cm³/mol. The van der Waals surface area contributed by atoms with Crippen LogP contribution in [0.15, 0.2) is 54.6 Å². The van der Waals surface area contributed by atoms with Crippen molar-refractivity contribution < 1.29 is 19.1 Å². The number of piperazine rings is 1. The number of nitrogens with zero attached hydrogens (tertiary/aromatic N) is 3. The van der Waals surface area contributed by atoms with Gasteiger partial charge in [-0.3, -0.25) is 9.69 Å². The lowest BCUT2D eigenvalue weighted by Crippen LogP contribution is -2.54. The van der Waals surface area contributed by atoms with E-state index in [4.69, 9.17) is 10.5 Å². The number of rotatable bonds is 5. The maximum absolute atomic E-state index is 13.5. The molecule has 1 heterocycles. The summed E-state index contributed by atoms with van der Waals surface area (Å²) in [5.74, 6) is -0.125. The molecule has 8 heteroatoms. The van der Waals surface area contributed by atoms with E-state index in [9.17, 15) is 14.4 Å². The van der Waals surface area contributed by atoms with Gasteiger partial charge in [0.2, 0.25) is 0 Å². The predicted octanol–water partition coefficient (Wildman–Crippen LogP) is 3.51. The second-order valence-corrected chi connectivity index (χ2v) is 8.98. The standard InChI is InChI=1S/C25H32N4O4/c1-25(2,3)33-24(32)28-15-13-27(14-16-28)23(31)29(21-7-5-4-6-8-21)18-19-9-11-20(12-10-19)22(30)17-26/h4-12H,13-18,26H2,1-3H3. The number of carbonyl (C=O) groups is 3. The van der Waals surface area contributed by atoms with Gasteiger partial charge in [-0.05, 0) is 38.5 Å². The van der Waals surface area contributed by atoms with Gasteiger partial charge in [0.05, 0.1) is 13.1 Å². The molecule has 0 saturated carbocycles. The molecule has 33 heavy (non-hydrogen) atoms. The van der Waals surface area contributed by atoms with Crippen molar-refractivity contribution >= 4 is 23.6 Å². The highest BCUT2D eigenvalue weighted by Crippen LogP contribution is 2.21. The van der Waals surface area contributed by atoms with Gasteiger partial charge in [-0.2, -0.15) is 0 Å². The molecule has 0 radical (unpaired) electrons. The molecule has 1 fully saturated rings. The molecular weight excluding hydrogens is 420 g/mol. The van der Waals surface area contributed by atoms with E-state index in [0.29, 0.717) is 38.3 Å². The smallest absolute Gasteiger partial charge is 0.410 e. The molecule has 0 atom stereocenters. The lowest BCUT2D eigenvalue weighted by molar-refractivity contribution is 0.0172. The molecule has 0 unspecified atom stereocenters. The van der Waals surface area contributed by atoms with Crippen molar-refractivity contribution in [3.63, 3.8) is 0 Å². The fraction of sp³-hybridized carbons (Fsp3) is 0.400. The van der Waals surface area contributed by atoms with Crippen LogP contribution < -0.4 is 10.6 Å². The number of anilines is 1. The van der Waals surface area contributed by atoms with Crippen molar-refractivity contribution in [3.8, 4) is 0 Å². The average molecular weight is 453 g/mol. The number of hydrogen-bond acceptors (Lipinski definition) is 5. The Kier molecular flexibility index (Phi) is 7.71. The number of ether oxygens (including phenoxy) is 1. The van der Waals surface area contributed by atoms with Crippen molar-refractivity contribution in [2.75, 3.05) is 37.6 Å². The summed E-state index contributed by atoms with van der Waals surface area (Å²) in [4.78, 5) is 42.7. The van der Waals surface area contributed by atoms with Crippen molar-refractivity contribution in [3.05, 3.63) is 65.7 Å². The molecule has 2 aromatic carbocycles. The number of ketones is 1. The summed E-state index contributed by atoms with van der Waals surface area (Å²) in [5.41, 5.74) is 7.11. The van der Waals surface area contributed by atoms with Gasteiger partial charge < -0.3 is 20.3 Å². The normalized spacial score (nSPS) is 14.1. The first-order valence-corrected chi connectivity index (χ1v) is 11.1. The highest BCUT2D eigenvalue weighted by Gasteiger charge is 2.30. The average Bonchev–Trinajstić information content (AvgIpc) is 2.81. The van der Waals surface area contributed by atoms with E-state index in [1.807, 2.05) is 63.2 Å². The van der Waals surface area contributed by atoms with E-state index >= 15 is 0 Å². The minimum atomic E-state index is -0.557. The Balaban J connectivity index is 1.71. The van der Waals surface area contributed by atoms with Crippen molar-refractivity contribution in [1.29, 1.82) is 0 Å². The number of carbonyl (C=O) groups excluding carboxylic acids is 3. The Morgan fingerprint density at radius 1 is 0.909 bits per heavy atom. The molecule has 2 aromatic rings. The van der Waals surface area contributed by atoms with Crippen LogP contribution in [0.25, 0.3) is 0 Å². The molecule has 2 N–H and O–H groups in total. The third-order valence-corrected chi connectivity index (χ3v) is 5.30. The lowest BCUT2D eigenvalue weighted by atomic mass is 10.1. The maximum Gasteiger partial charge on any atom is 0.410 e. The van der Waals surface area contributed by atoms with Crippen molar-refractivity contribution in [2.24, 2.45) is 5.73 Å². The largest absolute Gasteiger partial charge is 0.444 e. The fourth-order valence-electron chi connectivity index (χ4n) is 3.55. The summed E-state index contributed by atoms with van der Waals surface area (Å²) in [7, 11) is 0. The van der Waals surface area contributed by atoms with Crippen LogP contribution in [0.5, 0.6) is 0 Å². The van der Waals surface area contributed by atoms with E-state index in [-0.39, 0.29) is 24.5 Å². The molecular formula is C25H32N4O4. The highest BCUT2D eigenvalue weighted by molar-refractivity contribution is 5.97. The SMILES string of the molecule is CC(C)(C)OC(=O)N1CCN(C(=O)N(Cc2ccc(C(=O)CN)cc2)c2ccccc2)CC1. The van der Waals surface area contributed by atoms with Crippen LogP contribution in [0.3, 0.4) is 0 Å². The number of Topliss-reactive ketones (excluding diaryl/α,β-unsaturated/α-hetero) is 1. The molecule has 0 aliphatic carbocycles. The molecule has 8 nitrogen and oxygen atoms in total. The second-order valence-electron chi connectivity index (χ2n) is 8.98. The van der Waals surface area contributed by atoms with Crippen molar-refractivity contribution in [1.82, 2.24) is 9.80 Å². The van der Waals surface area contributed by atoms with Gasteiger partial charge in [-0.1, -0.05) is 42.5 Å². The Hall–Kier alpha value is -3.39. The first-order valence-electron chi connectivity index (χ1n) is 11.1. The van der Waals surface area contributed by atoms with Gasteiger partial charge in [-0.25, -0.2) is 9.59 Å². The monoisotopic (exact) mass is 452 g/mol. The summed E-state index contributed by atoms with van der Waals surface area (Å²) < 4.78 is 5.44. The first-order chi connectivity index (χ1) is 15.7. The Bertz CT molecular complexity index is 962. The Morgan fingerprint density at radius 3 is 2.03 bits per heavy atom. The summed E-state index contributed by atoms with van der Waals surface area (Å²) in [6.45, 7) is 7.49. The van der Waals surface area contributed by atoms with E-state index < -0.39 is 5.60 Å². The Morgan fingerprint density at radius 2 is 1.48 bits per heavy atom. The number of amides is 3. The molecule has 176 valence electrons. The summed E-state index contributed by atoms with van der Waals surface area (Å²) >= 11 is 0. The van der Waals surface area contributed by atoms with E-state index in [0.717, 1.165) is 11.3 Å². The lowest BCUT2D eigenvalue weighted by Gasteiger charge is -2.38. The zero-order valence-corrected chi connectivity index (χ0v) is 19.5. The van der Waals surface area contributed by atoms with Crippen LogP contribution >= 0.6 is 0 Å². The zero-order chi connectivity index (χ0) is 24.0. The zero-order valence-electron chi connectivity index (χ0n) is 19.5. The summed E-state index contributed by atoms with van der Waals surface area (Å²) in [5, 5.41) is 0. The number of benzene rings is 2. The number of urea groups is 1. The number of para-hydroxylation sites is 1. The van der Waals surface area contributed by atoms with Gasteiger partial charge >= 0.3 is 12.1 Å². The molecule has 3 amide bonds. The van der Waals surface area contributed by atoms with Crippen LogP contribution in [0.2, 0.25) is 0 Å². The fourth-order valence-corrected chi connectivity index (χ4v) is 3.55. The van der Waals surface area contributed by atoms with E-state index in [1.165, 1.54) is 0 Å². The second kappa shape index (κ2) is 10.5. The molecule has 0 aromatic heterocycles. The van der Waals surface area contributed by atoms with Gasteiger partial charge in [0, 0.05) is 37.4 Å². The van der Waals surface area contributed by atoms with Crippen LogP contribution in [0.1, 0.15) is 36.7 Å². The molecule has 0 bridgehead atoms. The molecule has 1 saturated heterocycles. The summed E-state index contributed by atoms with van der Waals surface area (Å²) in [6.07, 6.45) is -0.360. The van der Waals surface area contributed by atoms with E-state index in [2.05, 4.69) is 0 Å². The molecule has 3 rings (SSSR count). The quantitative estimate of drug-likeness (QED) is 0.701. The first kappa shape index (κ1) is 24.3. The minimum absolute atomic E-state index is 0.0384. The molecule has 0 spiro atoms. The Labute approximate surface area is 194 Å². The molecule has 1 aliphatic rings. The number of hydrogen-bond donors (Lipinski definition) is 1. The van der Waals surface area contributed by atoms with Gasteiger partial charge in [0.15, 0.2) is 5.78 Å². The van der Waals surface area contributed by atoms with Crippen LogP contribution in [0, 0.1) is 0 Å². The minimum Gasteiger partial charge on any atom is -0.444 e. The van der Waals surface area contributed by atoms with Gasteiger partial charge in [0.1, 0.15) is 5.60 Å². The highest BCUT2D eigenvalue weighted by atomic mass is 16.6. The third-order valence-electron chi connectivity index (χ3n) is 5.30. The number of nitrogens with two attached hydrogens (primary N) is 1. The topological polar surface area (TPSA) is 96.2 Å². The third kappa shape index (κ3) is 6.55. The molecule has 1 aliphatic heterocycles. The van der Waals surface area contributed by atoms with Crippen molar-refractivity contribution in [2.45, 2.75) is 32.9 Å². The van der Waals surface area contributed by atoms with Crippen LogP contribution in [-0.2, 0) is 11.3 Å². The summed E-state index contributed by atoms with van der Waals surface area (Å²) in [6, 6.07) is 16.5. The van der Waals surface area contributed by atoms with Crippen LogP contribution in [-0.4, -0.2) is 66.0 Å². The van der Waals surface area contributed by atoms with E-state index in [1.54, 1.807) is 26.8 Å².